The van der Waals surface area contributed by atoms with Gasteiger partial charge < -0.3 is 10.5 Å². The number of carbonyl (C=O) groups excluding carboxylic acids is 1. The van der Waals surface area contributed by atoms with Gasteiger partial charge in [0.05, 0.1) is 22.9 Å². The molecule has 3 N–H and O–H groups in total. The van der Waals surface area contributed by atoms with Crippen LogP contribution in [-0.2, 0) is 0 Å². The molecule has 4 rings (SSSR count). The molecule has 0 aliphatic heterocycles. The second kappa shape index (κ2) is 9.27. The number of nitrogens with two attached hydrogens (primary N) is 1. The summed E-state index contributed by atoms with van der Waals surface area (Å²) < 4.78 is 11.1. The zero-order chi connectivity index (χ0) is 23.5. The first-order valence-corrected chi connectivity index (χ1v) is 10.1. The van der Waals surface area contributed by atoms with Gasteiger partial charge in [0.2, 0.25) is 11.6 Å². The number of benzene rings is 2. The monoisotopic (exact) mass is 486 g/mol. The van der Waals surface area contributed by atoms with E-state index in [2.05, 4.69) is 35.8 Å². The molecule has 1 amide bonds. The fourth-order valence-corrected chi connectivity index (χ4v) is 3.22. The number of methoxy groups -OCH3 is 1. The van der Waals surface area contributed by atoms with Crippen molar-refractivity contribution in [3.63, 3.8) is 0 Å². The van der Waals surface area contributed by atoms with Crippen molar-refractivity contribution < 1.29 is 14.2 Å². The highest BCUT2D eigenvalue weighted by molar-refractivity contribution is 6.42. The zero-order valence-electron chi connectivity index (χ0n) is 17.3. The highest BCUT2D eigenvalue weighted by Crippen LogP contribution is 2.31. The zero-order valence-corrected chi connectivity index (χ0v) is 18.8. The van der Waals surface area contributed by atoms with Gasteiger partial charge in [-0.1, -0.05) is 46.6 Å². The summed E-state index contributed by atoms with van der Waals surface area (Å²) in [5.74, 6) is 0.0513. The summed E-state index contributed by atoms with van der Waals surface area (Å²) >= 11 is 12.2. The number of rotatable bonds is 6. The Morgan fingerprint density at radius 1 is 1.18 bits per heavy atom. The van der Waals surface area contributed by atoms with Gasteiger partial charge in [-0.3, -0.25) is 4.79 Å². The summed E-state index contributed by atoms with van der Waals surface area (Å²) in [6.07, 6.45) is 0. The SMILES string of the molecule is COc1cccc(/C(C)=N/NC(=O)c2nnn(-c3nonc3N)c2-c2ccc(Cl)c(Cl)c2)c1. The molecular weight excluding hydrogens is 471 g/mol. The van der Waals surface area contributed by atoms with Crippen LogP contribution in [0.3, 0.4) is 0 Å². The predicted octanol–water partition coefficient (Wildman–Crippen LogP) is 3.37. The van der Waals surface area contributed by atoms with Crippen molar-refractivity contribution in [1.29, 1.82) is 0 Å². The topological polar surface area (TPSA) is 146 Å². The molecule has 2 aromatic carbocycles. The van der Waals surface area contributed by atoms with Crippen LogP contribution in [0.25, 0.3) is 17.1 Å². The fourth-order valence-electron chi connectivity index (χ4n) is 2.92. The molecule has 0 atom stereocenters. The Labute approximate surface area is 197 Å². The quantitative estimate of drug-likeness (QED) is 0.311. The van der Waals surface area contributed by atoms with Crippen molar-refractivity contribution >= 4 is 40.6 Å². The summed E-state index contributed by atoms with van der Waals surface area (Å²) in [4.78, 5) is 13.0. The molecule has 0 aliphatic rings. The highest BCUT2D eigenvalue weighted by Gasteiger charge is 2.25. The Morgan fingerprint density at radius 3 is 2.70 bits per heavy atom. The van der Waals surface area contributed by atoms with Crippen molar-refractivity contribution in [2.45, 2.75) is 6.92 Å². The Morgan fingerprint density at radius 2 is 2.00 bits per heavy atom. The van der Waals surface area contributed by atoms with Gasteiger partial charge >= 0.3 is 0 Å². The molecular formula is C20H16Cl2N8O3. The number of carbonyl (C=O) groups is 1. The van der Waals surface area contributed by atoms with Gasteiger partial charge in [0.25, 0.3) is 5.91 Å². The molecule has 0 bridgehead atoms. The van der Waals surface area contributed by atoms with Crippen molar-refractivity contribution in [2.24, 2.45) is 5.10 Å². The molecule has 13 heteroatoms. The van der Waals surface area contributed by atoms with Crippen molar-refractivity contribution in [3.8, 4) is 22.8 Å². The molecule has 2 heterocycles. The van der Waals surface area contributed by atoms with Gasteiger partial charge in [-0.25, -0.2) is 10.1 Å². The Kier molecular flexibility index (Phi) is 6.24. The van der Waals surface area contributed by atoms with E-state index in [0.717, 1.165) is 5.56 Å². The number of hydrazone groups is 1. The molecule has 33 heavy (non-hydrogen) atoms. The summed E-state index contributed by atoms with van der Waals surface area (Å²) in [5, 5.41) is 20.0. The summed E-state index contributed by atoms with van der Waals surface area (Å²) in [6.45, 7) is 1.74. The lowest BCUT2D eigenvalue weighted by Crippen LogP contribution is -2.21. The molecule has 11 nitrogen and oxygen atoms in total. The average molecular weight is 487 g/mol. The lowest BCUT2D eigenvalue weighted by molar-refractivity contribution is 0.0950. The second-order valence-corrected chi connectivity index (χ2v) is 7.48. The molecule has 4 aromatic rings. The first-order valence-electron chi connectivity index (χ1n) is 9.37. The van der Waals surface area contributed by atoms with Gasteiger partial charge in [0, 0.05) is 11.1 Å². The Hall–Kier alpha value is -3.96. The first kappa shape index (κ1) is 22.2. The van der Waals surface area contributed by atoms with E-state index in [1.807, 2.05) is 18.2 Å². The molecule has 0 spiro atoms. The van der Waals surface area contributed by atoms with Crippen molar-refractivity contribution in [3.05, 3.63) is 63.8 Å². The number of anilines is 1. The van der Waals surface area contributed by atoms with Gasteiger partial charge in [0.15, 0.2) is 5.69 Å². The minimum atomic E-state index is -0.625. The van der Waals surface area contributed by atoms with E-state index >= 15 is 0 Å². The van der Waals surface area contributed by atoms with Crippen LogP contribution in [-0.4, -0.2) is 44.0 Å². The van der Waals surface area contributed by atoms with Crippen LogP contribution < -0.4 is 15.9 Å². The molecule has 0 saturated carbocycles. The van der Waals surface area contributed by atoms with Gasteiger partial charge in [-0.05, 0) is 41.5 Å². The number of aromatic nitrogens is 5. The number of nitrogens with zero attached hydrogens (tertiary/aromatic N) is 6. The summed E-state index contributed by atoms with van der Waals surface area (Å²) in [7, 11) is 1.57. The number of amides is 1. The molecule has 2 aromatic heterocycles. The van der Waals surface area contributed by atoms with E-state index in [-0.39, 0.29) is 28.0 Å². The minimum absolute atomic E-state index is 0.0416. The van der Waals surface area contributed by atoms with E-state index in [0.29, 0.717) is 22.0 Å². The molecule has 168 valence electrons. The van der Waals surface area contributed by atoms with Gasteiger partial charge in [-0.2, -0.15) is 9.78 Å². The highest BCUT2D eigenvalue weighted by atomic mass is 35.5. The van der Waals surface area contributed by atoms with E-state index in [9.17, 15) is 4.79 Å². The third-order valence-electron chi connectivity index (χ3n) is 4.59. The van der Waals surface area contributed by atoms with Crippen molar-refractivity contribution in [2.75, 3.05) is 12.8 Å². The molecule has 0 fully saturated rings. The average Bonchev–Trinajstić information content (AvgIpc) is 3.45. The molecule has 0 aliphatic carbocycles. The fraction of sp³-hybridized carbons (Fsp3) is 0.100. The number of hydrogen-bond acceptors (Lipinski definition) is 9. The largest absolute Gasteiger partial charge is 0.497 e. The maximum Gasteiger partial charge on any atom is 0.294 e. The Bertz CT molecular complexity index is 1370. The third kappa shape index (κ3) is 4.49. The number of nitrogen functional groups attached to an aromatic ring is 1. The van der Waals surface area contributed by atoms with Crippen LogP contribution in [0.1, 0.15) is 23.0 Å². The van der Waals surface area contributed by atoms with E-state index in [1.165, 1.54) is 4.68 Å². The van der Waals surface area contributed by atoms with Gasteiger partial charge in [0.1, 0.15) is 11.4 Å². The molecule has 0 unspecified atom stereocenters. The van der Waals surface area contributed by atoms with Gasteiger partial charge in [-0.15, -0.1) is 5.10 Å². The predicted molar refractivity (Wildman–Crippen MR) is 122 cm³/mol. The first-order chi connectivity index (χ1) is 15.9. The van der Waals surface area contributed by atoms with Crippen LogP contribution in [0.4, 0.5) is 5.82 Å². The normalized spacial score (nSPS) is 11.5. The number of nitrogens with one attached hydrogen (secondary N) is 1. The Balaban J connectivity index is 1.72. The lowest BCUT2D eigenvalue weighted by Gasteiger charge is -2.08. The van der Waals surface area contributed by atoms with Crippen LogP contribution in [0, 0.1) is 0 Å². The third-order valence-corrected chi connectivity index (χ3v) is 5.33. The standard InChI is InChI=1S/C20H16Cl2N8O3/c1-10(11-4-3-5-13(8-11)32-2)24-26-20(31)16-17(12-6-7-14(21)15(22)9-12)30(29-25-16)19-18(23)27-33-28-19/h3-9H,1-2H3,(H2,23,27)(H,26,31)/b24-10+. The maximum atomic E-state index is 13.0. The minimum Gasteiger partial charge on any atom is -0.497 e. The van der Waals surface area contributed by atoms with Crippen LogP contribution >= 0.6 is 23.2 Å². The van der Waals surface area contributed by atoms with Crippen LogP contribution in [0.15, 0.2) is 52.2 Å². The number of hydrogen-bond donors (Lipinski definition) is 2. The summed E-state index contributed by atoms with van der Waals surface area (Å²) in [6, 6.07) is 12.0. The molecule has 0 saturated heterocycles. The van der Waals surface area contributed by atoms with E-state index in [1.54, 1.807) is 38.3 Å². The second-order valence-electron chi connectivity index (χ2n) is 6.67. The summed E-state index contributed by atoms with van der Waals surface area (Å²) in [5.41, 5.74) is 10.3. The van der Waals surface area contributed by atoms with E-state index < -0.39 is 5.91 Å². The van der Waals surface area contributed by atoms with E-state index in [4.69, 9.17) is 33.7 Å². The smallest absolute Gasteiger partial charge is 0.294 e. The maximum absolute atomic E-state index is 13.0. The van der Waals surface area contributed by atoms with Crippen LogP contribution in [0.2, 0.25) is 10.0 Å². The molecule has 0 radical (unpaired) electrons. The number of ether oxygens (including phenoxy) is 1. The van der Waals surface area contributed by atoms with Crippen molar-refractivity contribution in [1.82, 2.24) is 30.7 Å². The lowest BCUT2D eigenvalue weighted by atomic mass is 10.1. The van der Waals surface area contributed by atoms with Crippen LogP contribution in [0.5, 0.6) is 5.75 Å². The number of halogens is 2.